The number of piperidine rings is 1. The molecular weight excluding hydrogens is 310 g/mol. The van der Waals surface area contributed by atoms with Gasteiger partial charge in [-0.1, -0.05) is 18.2 Å². The number of halogens is 2. The quantitative estimate of drug-likeness (QED) is 0.787. The average Bonchev–Trinajstić information content (AvgIpc) is 3.06. The summed E-state index contributed by atoms with van der Waals surface area (Å²) in [6, 6.07) is 3.92. The number of aromatic nitrogens is 3. The Morgan fingerprint density at radius 2 is 2.00 bits per heavy atom. The Morgan fingerprint density at radius 3 is 2.62 bits per heavy atom. The van der Waals surface area contributed by atoms with Gasteiger partial charge in [-0.25, -0.2) is 13.8 Å². The van der Waals surface area contributed by atoms with Gasteiger partial charge in [-0.05, 0) is 31.4 Å². The third-order valence-corrected chi connectivity index (χ3v) is 4.88. The first-order chi connectivity index (χ1) is 11.5. The molecule has 0 spiro atoms. The molecule has 128 valence electrons. The Hall–Kier alpha value is -2.08. The van der Waals surface area contributed by atoms with Crippen molar-refractivity contribution in [2.75, 3.05) is 13.1 Å². The second-order valence-electron chi connectivity index (χ2n) is 6.42. The normalized spacial score (nSPS) is 18.5. The van der Waals surface area contributed by atoms with Crippen molar-refractivity contribution in [1.29, 1.82) is 0 Å². The summed E-state index contributed by atoms with van der Waals surface area (Å²) >= 11 is 0. The number of rotatable bonds is 5. The first-order valence-electron chi connectivity index (χ1n) is 8.22. The lowest BCUT2D eigenvalue weighted by molar-refractivity contribution is 0.160. The first-order valence-corrected chi connectivity index (χ1v) is 8.22. The molecular formula is C18H22F2N4. The zero-order chi connectivity index (χ0) is 17.1. The van der Waals surface area contributed by atoms with Gasteiger partial charge in [-0.15, -0.1) is 0 Å². The van der Waals surface area contributed by atoms with Gasteiger partial charge in [-0.2, -0.15) is 5.10 Å². The molecule has 1 fully saturated rings. The van der Waals surface area contributed by atoms with E-state index in [1.165, 1.54) is 18.0 Å². The van der Waals surface area contributed by atoms with Gasteiger partial charge in [-0.3, -0.25) is 9.58 Å². The maximum atomic E-state index is 14.4. The van der Waals surface area contributed by atoms with E-state index in [9.17, 15) is 8.78 Å². The monoisotopic (exact) mass is 332 g/mol. The number of nitrogens with zero attached hydrogens (tertiary/aromatic N) is 4. The van der Waals surface area contributed by atoms with Gasteiger partial charge in [0.15, 0.2) is 0 Å². The van der Waals surface area contributed by atoms with Crippen LogP contribution in [0.3, 0.4) is 0 Å². The summed E-state index contributed by atoms with van der Waals surface area (Å²) in [6.45, 7) is 8.47. The highest BCUT2D eigenvalue weighted by Crippen LogP contribution is 2.30. The molecule has 4 nitrogen and oxygen atoms in total. The Labute approximate surface area is 140 Å². The molecule has 1 aliphatic rings. The van der Waals surface area contributed by atoms with Crippen LogP contribution in [-0.4, -0.2) is 38.8 Å². The summed E-state index contributed by atoms with van der Waals surface area (Å²) in [7, 11) is 0. The first kappa shape index (κ1) is 16.8. The van der Waals surface area contributed by atoms with E-state index in [0.29, 0.717) is 12.1 Å². The van der Waals surface area contributed by atoms with Crippen molar-refractivity contribution in [3.8, 4) is 0 Å². The zero-order valence-electron chi connectivity index (χ0n) is 13.8. The summed E-state index contributed by atoms with van der Waals surface area (Å²) < 4.78 is 29.4. The van der Waals surface area contributed by atoms with Crippen LogP contribution in [0.1, 0.15) is 31.2 Å². The zero-order valence-corrected chi connectivity index (χ0v) is 13.8. The van der Waals surface area contributed by atoms with E-state index >= 15 is 0 Å². The van der Waals surface area contributed by atoms with E-state index in [4.69, 9.17) is 0 Å². The molecule has 0 N–H and O–H groups in total. The van der Waals surface area contributed by atoms with Crippen LogP contribution < -0.4 is 0 Å². The van der Waals surface area contributed by atoms with Crippen LogP contribution in [0.5, 0.6) is 0 Å². The van der Waals surface area contributed by atoms with Gasteiger partial charge in [0.1, 0.15) is 24.3 Å². The molecule has 1 saturated heterocycles. The molecule has 24 heavy (non-hydrogen) atoms. The van der Waals surface area contributed by atoms with E-state index < -0.39 is 11.6 Å². The van der Waals surface area contributed by atoms with Gasteiger partial charge in [0.05, 0.1) is 6.54 Å². The van der Waals surface area contributed by atoms with Crippen molar-refractivity contribution in [2.45, 2.75) is 38.3 Å². The second kappa shape index (κ2) is 7.21. The van der Waals surface area contributed by atoms with Crippen molar-refractivity contribution >= 4 is 0 Å². The highest BCUT2D eigenvalue weighted by atomic mass is 19.1. The van der Waals surface area contributed by atoms with E-state index in [1.54, 1.807) is 17.1 Å². The van der Waals surface area contributed by atoms with Crippen LogP contribution in [0.15, 0.2) is 43.0 Å². The molecule has 1 aliphatic heterocycles. The fourth-order valence-electron chi connectivity index (χ4n) is 3.34. The number of benzene rings is 1. The van der Waals surface area contributed by atoms with E-state index in [-0.39, 0.29) is 12.0 Å². The van der Waals surface area contributed by atoms with Crippen LogP contribution in [0, 0.1) is 11.6 Å². The van der Waals surface area contributed by atoms with E-state index in [1.807, 2.05) is 0 Å². The molecule has 2 aromatic rings. The highest BCUT2D eigenvalue weighted by Gasteiger charge is 2.29. The highest BCUT2D eigenvalue weighted by molar-refractivity contribution is 5.24. The van der Waals surface area contributed by atoms with Gasteiger partial charge in [0.25, 0.3) is 0 Å². The smallest absolute Gasteiger partial charge is 0.137 e. The SMILES string of the molecule is C=C1CCN(C(C)[C@H](Cn2cncn2)c2ccc(F)cc2F)CC1. The fraction of sp³-hybridized carbons (Fsp3) is 0.444. The summed E-state index contributed by atoms with van der Waals surface area (Å²) in [4.78, 5) is 6.31. The molecule has 0 bridgehead atoms. The van der Waals surface area contributed by atoms with Crippen molar-refractivity contribution in [3.63, 3.8) is 0 Å². The van der Waals surface area contributed by atoms with Crippen LogP contribution >= 0.6 is 0 Å². The minimum Gasteiger partial charge on any atom is -0.299 e. The maximum absolute atomic E-state index is 14.4. The molecule has 0 aliphatic carbocycles. The summed E-state index contributed by atoms with van der Waals surface area (Å²) in [5.41, 5.74) is 1.78. The molecule has 1 aromatic carbocycles. The van der Waals surface area contributed by atoms with Crippen LogP contribution in [0.4, 0.5) is 8.78 Å². The van der Waals surface area contributed by atoms with Gasteiger partial charge in [0.2, 0.25) is 0 Å². The number of hydrogen-bond acceptors (Lipinski definition) is 3. The number of hydrogen-bond donors (Lipinski definition) is 0. The molecule has 2 atom stereocenters. The largest absolute Gasteiger partial charge is 0.299 e. The van der Waals surface area contributed by atoms with Gasteiger partial charge >= 0.3 is 0 Å². The third kappa shape index (κ3) is 3.70. The topological polar surface area (TPSA) is 34.0 Å². The lowest BCUT2D eigenvalue weighted by atomic mass is 9.89. The third-order valence-electron chi connectivity index (χ3n) is 4.88. The minimum atomic E-state index is -0.558. The van der Waals surface area contributed by atoms with Gasteiger partial charge < -0.3 is 0 Å². The Morgan fingerprint density at radius 1 is 1.25 bits per heavy atom. The Balaban J connectivity index is 1.87. The van der Waals surface area contributed by atoms with Crippen molar-refractivity contribution in [3.05, 3.63) is 60.2 Å². The predicted molar refractivity (Wildman–Crippen MR) is 88.5 cm³/mol. The maximum Gasteiger partial charge on any atom is 0.137 e. The standard InChI is InChI=1S/C18H22F2N4/c1-13-5-7-23(8-6-13)14(2)17(10-24-12-21-11-22-24)16-4-3-15(19)9-18(16)20/h3-4,9,11-12,14,17H,1,5-8,10H2,2H3/t14?,17-/m0/s1. The van der Waals surface area contributed by atoms with Crippen LogP contribution in [-0.2, 0) is 6.54 Å². The minimum absolute atomic E-state index is 0.0993. The van der Waals surface area contributed by atoms with E-state index in [2.05, 4.69) is 28.5 Å². The molecule has 0 radical (unpaired) electrons. The Kier molecular flexibility index (Phi) is 5.04. The van der Waals surface area contributed by atoms with Crippen LogP contribution in [0.25, 0.3) is 0 Å². The van der Waals surface area contributed by atoms with Crippen LogP contribution in [0.2, 0.25) is 0 Å². The molecule has 0 amide bonds. The lowest BCUT2D eigenvalue weighted by Crippen LogP contribution is -2.42. The fourth-order valence-corrected chi connectivity index (χ4v) is 3.34. The predicted octanol–water partition coefficient (Wildman–Crippen LogP) is 3.38. The molecule has 6 heteroatoms. The van der Waals surface area contributed by atoms with E-state index in [0.717, 1.165) is 32.0 Å². The summed E-state index contributed by atoms with van der Waals surface area (Å²) in [5.74, 6) is -1.20. The molecule has 1 unspecified atom stereocenters. The summed E-state index contributed by atoms with van der Waals surface area (Å²) in [5, 5.41) is 4.14. The second-order valence-corrected chi connectivity index (χ2v) is 6.42. The molecule has 1 aromatic heterocycles. The van der Waals surface area contributed by atoms with Crippen molar-refractivity contribution in [1.82, 2.24) is 19.7 Å². The molecule has 0 saturated carbocycles. The molecule has 3 rings (SSSR count). The van der Waals surface area contributed by atoms with Crippen molar-refractivity contribution < 1.29 is 8.78 Å². The number of likely N-dealkylation sites (tertiary alicyclic amines) is 1. The summed E-state index contributed by atoms with van der Waals surface area (Å²) in [6.07, 6.45) is 5.02. The average molecular weight is 332 g/mol. The van der Waals surface area contributed by atoms with Crippen molar-refractivity contribution in [2.24, 2.45) is 0 Å². The molecule has 2 heterocycles. The Bertz CT molecular complexity index is 689. The lowest BCUT2D eigenvalue weighted by Gasteiger charge is -2.38. The van der Waals surface area contributed by atoms with Gasteiger partial charge in [0, 0.05) is 31.1 Å².